The largest absolute Gasteiger partial charge is 0.366 e. The Kier molecular flexibility index (Phi) is 4.68. The van der Waals surface area contributed by atoms with E-state index in [1.165, 1.54) is 0 Å². The number of nitrogens with zero attached hydrogens (tertiary/aromatic N) is 3. The van der Waals surface area contributed by atoms with Gasteiger partial charge in [0.2, 0.25) is 5.95 Å². The van der Waals surface area contributed by atoms with Crippen molar-refractivity contribution in [2.45, 2.75) is 6.54 Å². The highest BCUT2D eigenvalue weighted by Gasteiger charge is 2.06. The van der Waals surface area contributed by atoms with Gasteiger partial charge in [-0.3, -0.25) is 4.98 Å². The number of benzene rings is 1. The lowest BCUT2D eigenvalue weighted by atomic mass is 10.2. The number of pyridine rings is 1. The zero-order chi connectivity index (χ0) is 16.1. The molecule has 0 amide bonds. The normalized spacial score (nSPS) is 10.3. The molecule has 0 unspecified atom stereocenters. The number of aromatic nitrogens is 3. The molecule has 0 aliphatic carbocycles. The first kappa shape index (κ1) is 15.2. The van der Waals surface area contributed by atoms with E-state index in [4.69, 9.17) is 11.6 Å². The monoisotopic (exact) mass is 325 g/mol. The van der Waals surface area contributed by atoms with Crippen LogP contribution in [0.15, 0.2) is 54.9 Å². The van der Waals surface area contributed by atoms with Gasteiger partial charge in [0.15, 0.2) is 0 Å². The predicted octanol–water partition coefficient (Wildman–Crippen LogP) is 3.85. The van der Waals surface area contributed by atoms with Gasteiger partial charge in [0.1, 0.15) is 5.82 Å². The van der Waals surface area contributed by atoms with Gasteiger partial charge in [-0.2, -0.15) is 4.98 Å². The van der Waals surface area contributed by atoms with Crippen molar-refractivity contribution in [2.75, 3.05) is 17.7 Å². The molecule has 23 heavy (non-hydrogen) atoms. The van der Waals surface area contributed by atoms with Gasteiger partial charge in [-0.05, 0) is 29.8 Å². The van der Waals surface area contributed by atoms with Crippen LogP contribution in [0.3, 0.4) is 0 Å². The fourth-order valence-corrected chi connectivity index (χ4v) is 2.23. The first-order valence-electron chi connectivity index (χ1n) is 7.20. The van der Waals surface area contributed by atoms with Crippen LogP contribution >= 0.6 is 11.6 Å². The standard InChI is InChI=1S/C17H16ClN5/c1-19-17-22-15(13-3-2-8-20-11-13)9-16(23-17)21-10-12-4-6-14(18)7-5-12/h2-9,11H,10H2,1H3,(H2,19,21,22,23). The van der Waals surface area contributed by atoms with E-state index in [1.807, 2.05) is 42.5 Å². The third-order valence-corrected chi connectivity index (χ3v) is 3.55. The molecule has 5 nitrogen and oxygen atoms in total. The first-order chi connectivity index (χ1) is 11.2. The molecule has 0 saturated carbocycles. The maximum absolute atomic E-state index is 5.90. The SMILES string of the molecule is CNc1nc(NCc2ccc(Cl)cc2)cc(-c2cccnc2)n1. The Bertz CT molecular complexity index is 775. The molecule has 2 N–H and O–H groups in total. The van der Waals surface area contributed by atoms with E-state index in [9.17, 15) is 0 Å². The van der Waals surface area contributed by atoms with Crippen LogP contribution in [-0.4, -0.2) is 22.0 Å². The van der Waals surface area contributed by atoms with E-state index in [1.54, 1.807) is 19.4 Å². The maximum Gasteiger partial charge on any atom is 0.224 e. The maximum atomic E-state index is 5.90. The minimum Gasteiger partial charge on any atom is -0.366 e. The number of hydrogen-bond acceptors (Lipinski definition) is 5. The molecule has 1 aromatic carbocycles. The third-order valence-electron chi connectivity index (χ3n) is 3.29. The molecule has 3 aromatic rings. The molecule has 2 aromatic heterocycles. The van der Waals surface area contributed by atoms with Crippen LogP contribution in [0.5, 0.6) is 0 Å². The van der Waals surface area contributed by atoms with Crippen molar-refractivity contribution in [1.29, 1.82) is 0 Å². The molecule has 0 radical (unpaired) electrons. The van der Waals surface area contributed by atoms with Gasteiger partial charge < -0.3 is 10.6 Å². The van der Waals surface area contributed by atoms with Gasteiger partial charge in [0.25, 0.3) is 0 Å². The van der Waals surface area contributed by atoms with Crippen LogP contribution in [0.2, 0.25) is 5.02 Å². The lowest BCUT2D eigenvalue weighted by Gasteiger charge is -2.10. The fourth-order valence-electron chi connectivity index (χ4n) is 2.11. The van der Waals surface area contributed by atoms with Gasteiger partial charge in [-0.25, -0.2) is 4.98 Å². The molecular weight excluding hydrogens is 310 g/mol. The van der Waals surface area contributed by atoms with Crippen molar-refractivity contribution < 1.29 is 0 Å². The predicted molar refractivity (Wildman–Crippen MR) is 93.6 cm³/mol. The van der Waals surface area contributed by atoms with Crippen LogP contribution in [0.25, 0.3) is 11.3 Å². The summed E-state index contributed by atoms with van der Waals surface area (Å²) in [5.41, 5.74) is 2.89. The smallest absolute Gasteiger partial charge is 0.224 e. The molecule has 3 rings (SSSR count). The molecule has 0 aliphatic heterocycles. The molecule has 0 atom stereocenters. The second kappa shape index (κ2) is 7.07. The van der Waals surface area contributed by atoms with Gasteiger partial charge in [0.05, 0.1) is 5.69 Å². The average Bonchev–Trinajstić information content (AvgIpc) is 2.61. The highest BCUT2D eigenvalue weighted by atomic mass is 35.5. The van der Waals surface area contributed by atoms with E-state index in [2.05, 4.69) is 25.6 Å². The molecule has 0 fully saturated rings. The second-order valence-corrected chi connectivity index (χ2v) is 5.37. The topological polar surface area (TPSA) is 62.7 Å². The van der Waals surface area contributed by atoms with Gasteiger partial charge in [-0.1, -0.05) is 23.7 Å². The molecule has 116 valence electrons. The lowest BCUT2D eigenvalue weighted by molar-refractivity contribution is 1.08. The summed E-state index contributed by atoms with van der Waals surface area (Å²) in [6, 6.07) is 13.5. The molecule has 0 spiro atoms. The van der Waals surface area contributed by atoms with Crippen molar-refractivity contribution in [3.05, 3.63) is 65.4 Å². The average molecular weight is 326 g/mol. The summed E-state index contributed by atoms with van der Waals surface area (Å²) in [6.45, 7) is 0.657. The summed E-state index contributed by atoms with van der Waals surface area (Å²) >= 11 is 5.90. The Balaban J connectivity index is 1.82. The van der Waals surface area contributed by atoms with Gasteiger partial charge in [-0.15, -0.1) is 0 Å². The van der Waals surface area contributed by atoms with Crippen molar-refractivity contribution in [1.82, 2.24) is 15.0 Å². The number of halogens is 1. The van der Waals surface area contributed by atoms with E-state index >= 15 is 0 Å². The zero-order valence-corrected chi connectivity index (χ0v) is 13.4. The van der Waals surface area contributed by atoms with Crippen molar-refractivity contribution >= 4 is 23.4 Å². The molecule has 0 aliphatic rings. The van der Waals surface area contributed by atoms with E-state index in [0.29, 0.717) is 12.5 Å². The Hall–Kier alpha value is -2.66. The van der Waals surface area contributed by atoms with Crippen LogP contribution in [0.4, 0.5) is 11.8 Å². The second-order valence-electron chi connectivity index (χ2n) is 4.93. The molecule has 2 heterocycles. The summed E-state index contributed by atoms with van der Waals surface area (Å²) in [5, 5.41) is 7.02. The Morgan fingerprint density at radius 2 is 1.91 bits per heavy atom. The minimum absolute atomic E-state index is 0.560. The van der Waals surface area contributed by atoms with Crippen LogP contribution < -0.4 is 10.6 Å². The van der Waals surface area contributed by atoms with Crippen LogP contribution in [0.1, 0.15) is 5.56 Å². The summed E-state index contributed by atoms with van der Waals surface area (Å²) in [4.78, 5) is 13.0. The Morgan fingerprint density at radius 1 is 1.09 bits per heavy atom. The number of nitrogens with one attached hydrogen (secondary N) is 2. The van der Waals surface area contributed by atoms with Crippen molar-refractivity contribution in [3.8, 4) is 11.3 Å². The quantitative estimate of drug-likeness (QED) is 0.746. The Labute approximate surface area is 139 Å². The summed E-state index contributed by atoms with van der Waals surface area (Å²) in [5.74, 6) is 1.31. The van der Waals surface area contributed by atoms with Crippen LogP contribution in [-0.2, 0) is 6.54 Å². The van der Waals surface area contributed by atoms with Crippen molar-refractivity contribution in [3.63, 3.8) is 0 Å². The summed E-state index contributed by atoms with van der Waals surface area (Å²) in [7, 11) is 1.80. The van der Waals surface area contributed by atoms with Gasteiger partial charge >= 0.3 is 0 Å². The lowest BCUT2D eigenvalue weighted by Crippen LogP contribution is -2.05. The summed E-state index contributed by atoms with van der Waals surface area (Å²) < 4.78 is 0. The number of hydrogen-bond donors (Lipinski definition) is 2. The highest BCUT2D eigenvalue weighted by Crippen LogP contribution is 2.21. The fraction of sp³-hybridized carbons (Fsp3) is 0.118. The van der Waals surface area contributed by atoms with E-state index < -0.39 is 0 Å². The molecule has 0 saturated heterocycles. The minimum atomic E-state index is 0.560. The van der Waals surface area contributed by atoms with Crippen molar-refractivity contribution in [2.24, 2.45) is 0 Å². The molecular formula is C17H16ClN5. The number of rotatable bonds is 5. The van der Waals surface area contributed by atoms with E-state index in [-0.39, 0.29) is 0 Å². The Morgan fingerprint density at radius 3 is 2.61 bits per heavy atom. The third kappa shape index (κ3) is 3.96. The molecule has 0 bridgehead atoms. The first-order valence-corrected chi connectivity index (χ1v) is 7.58. The summed E-state index contributed by atoms with van der Waals surface area (Å²) in [6.07, 6.45) is 3.52. The van der Waals surface area contributed by atoms with Gasteiger partial charge in [0, 0.05) is 42.6 Å². The molecule has 6 heteroatoms. The highest BCUT2D eigenvalue weighted by molar-refractivity contribution is 6.30. The zero-order valence-electron chi connectivity index (χ0n) is 12.6. The number of anilines is 2. The van der Waals surface area contributed by atoms with Crippen LogP contribution in [0, 0.1) is 0 Å². The van der Waals surface area contributed by atoms with E-state index in [0.717, 1.165) is 27.7 Å².